The van der Waals surface area contributed by atoms with E-state index in [1.807, 2.05) is 6.92 Å². The van der Waals surface area contributed by atoms with Gasteiger partial charge >= 0.3 is 0 Å². The van der Waals surface area contributed by atoms with Crippen molar-refractivity contribution >= 4 is 51.7 Å². The summed E-state index contributed by atoms with van der Waals surface area (Å²) in [4.78, 5) is 30.9. The molecule has 5 nitrogen and oxygen atoms in total. The number of rotatable bonds is 4. The third-order valence-corrected chi connectivity index (χ3v) is 5.33. The number of benzene rings is 2. The maximum atomic E-state index is 13.4. The first-order valence-corrected chi connectivity index (χ1v) is 9.59. The highest BCUT2D eigenvalue weighted by Gasteiger charge is 2.35. The van der Waals surface area contributed by atoms with Crippen LogP contribution in [0.3, 0.4) is 0 Å². The fourth-order valence-electron chi connectivity index (χ4n) is 2.56. The first-order chi connectivity index (χ1) is 13.0. The lowest BCUT2D eigenvalue weighted by atomic mass is 10.2. The second-order valence-electron chi connectivity index (χ2n) is 5.82. The van der Waals surface area contributed by atoms with Gasteiger partial charge < -0.3 is 5.32 Å². The highest BCUT2D eigenvalue weighted by atomic mass is 35.5. The lowest BCUT2D eigenvalue weighted by Crippen LogP contribution is -2.45. The number of hydrogen-bond acceptors (Lipinski definition) is 4. The van der Waals surface area contributed by atoms with Crippen LogP contribution in [0, 0.1) is 5.82 Å². The number of amides is 2. The average molecular weight is 406 g/mol. The summed E-state index contributed by atoms with van der Waals surface area (Å²) in [5, 5.41) is 3.11. The Morgan fingerprint density at radius 1 is 1.33 bits per heavy atom. The molecule has 140 valence electrons. The van der Waals surface area contributed by atoms with Crippen LogP contribution >= 0.6 is 23.4 Å². The van der Waals surface area contributed by atoms with Crippen molar-refractivity contribution in [3.8, 4) is 0 Å². The van der Waals surface area contributed by atoms with Crippen LogP contribution in [-0.2, 0) is 9.59 Å². The smallest absolute Gasteiger partial charge is 0.238 e. The minimum Gasteiger partial charge on any atom is -0.325 e. The Bertz CT molecular complexity index is 889. The molecule has 0 saturated carbocycles. The number of carbonyl (C=O) groups is 2. The molecule has 1 N–H and O–H groups in total. The molecule has 0 aliphatic carbocycles. The quantitative estimate of drug-likeness (QED) is 0.816. The van der Waals surface area contributed by atoms with Gasteiger partial charge in [-0.1, -0.05) is 29.4 Å². The molecule has 27 heavy (non-hydrogen) atoms. The fourth-order valence-corrected chi connectivity index (χ4v) is 3.85. The first-order valence-electron chi connectivity index (χ1n) is 8.34. The van der Waals surface area contributed by atoms with E-state index in [0.717, 1.165) is 0 Å². The maximum Gasteiger partial charge on any atom is 0.238 e. The summed E-state index contributed by atoms with van der Waals surface area (Å²) in [6, 6.07) is 12.5. The minimum atomic E-state index is -0.622. The number of anilines is 1. The molecule has 1 aliphatic heterocycles. The van der Waals surface area contributed by atoms with Gasteiger partial charge in [-0.3, -0.25) is 14.5 Å². The third-order valence-electron chi connectivity index (χ3n) is 3.89. The topological polar surface area (TPSA) is 61.8 Å². The van der Waals surface area contributed by atoms with E-state index < -0.39 is 11.1 Å². The number of hydrogen-bond donors (Lipinski definition) is 1. The number of nitrogens with zero attached hydrogens (tertiary/aromatic N) is 2. The van der Waals surface area contributed by atoms with Crippen molar-refractivity contribution in [3.05, 3.63) is 59.4 Å². The summed E-state index contributed by atoms with van der Waals surface area (Å²) < 4.78 is 13.4. The number of carbonyl (C=O) groups excluding carboxylic acids is 2. The molecular weight excluding hydrogens is 389 g/mol. The normalized spacial score (nSPS) is 18.6. The van der Waals surface area contributed by atoms with Gasteiger partial charge in [-0.15, -0.1) is 0 Å². The van der Waals surface area contributed by atoms with E-state index in [9.17, 15) is 14.0 Å². The van der Waals surface area contributed by atoms with E-state index in [0.29, 0.717) is 28.1 Å². The Kier molecular flexibility index (Phi) is 6.13. The molecule has 0 aromatic heterocycles. The van der Waals surface area contributed by atoms with Crippen LogP contribution in [-0.4, -0.2) is 33.7 Å². The standard InChI is InChI=1S/C19H17ClFN3O2S/c1-2-24-17(25)11-16(18(26)22-14-8-6-12(20)7-9-14)27-19(24)23-15-5-3-4-13(21)10-15/h3-10,16H,2,11H2,1H3,(H,22,26). The monoisotopic (exact) mass is 405 g/mol. The van der Waals surface area contributed by atoms with E-state index in [-0.39, 0.29) is 18.2 Å². The summed E-state index contributed by atoms with van der Waals surface area (Å²) in [5.41, 5.74) is 0.987. The van der Waals surface area contributed by atoms with E-state index in [1.54, 1.807) is 36.4 Å². The average Bonchev–Trinajstić information content (AvgIpc) is 2.63. The Hall–Kier alpha value is -2.38. The molecular formula is C19H17ClFN3O2S. The molecule has 1 saturated heterocycles. The summed E-state index contributed by atoms with van der Waals surface area (Å²) in [5.74, 6) is -0.898. The predicted octanol–water partition coefficient (Wildman–Crippen LogP) is 4.46. The molecule has 0 bridgehead atoms. The minimum absolute atomic E-state index is 0.0695. The molecule has 2 aromatic carbocycles. The fraction of sp³-hybridized carbons (Fsp3) is 0.211. The second kappa shape index (κ2) is 8.54. The van der Waals surface area contributed by atoms with Gasteiger partial charge in [0.2, 0.25) is 11.8 Å². The highest BCUT2D eigenvalue weighted by molar-refractivity contribution is 8.15. The van der Waals surface area contributed by atoms with Crippen LogP contribution in [0.1, 0.15) is 13.3 Å². The Labute approximate surface area is 165 Å². The van der Waals surface area contributed by atoms with Crippen molar-refractivity contribution in [1.82, 2.24) is 4.90 Å². The zero-order chi connectivity index (χ0) is 19.4. The zero-order valence-electron chi connectivity index (χ0n) is 14.5. The van der Waals surface area contributed by atoms with Crippen molar-refractivity contribution in [2.24, 2.45) is 4.99 Å². The highest BCUT2D eigenvalue weighted by Crippen LogP contribution is 2.30. The largest absolute Gasteiger partial charge is 0.325 e. The third kappa shape index (κ3) is 4.87. The summed E-state index contributed by atoms with van der Waals surface area (Å²) in [6.07, 6.45) is 0.0695. The SMILES string of the molecule is CCN1C(=O)CC(C(=O)Nc2ccc(Cl)cc2)SC1=Nc1cccc(F)c1. The number of thioether (sulfide) groups is 1. The van der Waals surface area contributed by atoms with Gasteiger partial charge in [-0.2, -0.15) is 0 Å². The first kappa shape index (κ1) is 19.4. The molecule has 0 radical (unpaired) electrons. The lowest BCUT2D eigenvalue weighted by Gasteiger charge is -2.30. The summed E-state index contributed by atoms with van der Waals surface area (Å²) >= 11 is 7.04. The molecule has 1 atom stereocenters. The van der Waals surface area contributed by atoms with Crippen LogP contribution in [0.15, 0.2) is 53.5 Å². The molecule has 1 heterocycles. The Morgan fingerprint density at radius 3 is 2.74 bits per heavy atom. The van der Waals surface area contributed by atoms with Gasteiger partial charge in [0.25, 0.3) is 0 Å². The number of amidine groups is 1. The Balaban J connectivity index is 1.80. The van der Waals surface area contributed by atoms with Crippen LogP contribution in [0.2, 0.25) is 5.02 Å². The van der Waals surface area contributed by atoms with E-state index >= 15 is 0 Å². The molecule has 8 heteroatoms. The molecule has 0 spiro atoms. The van der Waals surface area contributed by atoms with Gasteiger partial charge in [0.1, 0.15) is 11.1 Å². The van der Waals surface area contributed by atoms with E-state index in [4.69, 9.17) is 11.6 Å². The molecule has 1 unspecified atom stereocenters. The van der Waals surface area contributed by atoms with Gasteiger partial charge in [0, 0.05) is 23.7 Å². The number of halogens is 2. The van der Waals surface area contributed by atoms with Gasteiger partial charge in [0.05, 0.1) is 5.69 Å². The molecule has 1 aliphatic rings. The van der Waals surface area contributed by atoms with Gasteiger partial charge in [-0.25, -0.2) is 9.38 Å². The predicted molar refractivity (Wildman–Crippen MR) is 107 cm³/mol. The number of nitrogens with one attached hydrogen (secondary N) is 1. The van der Waals surface area contributed by atoms with Crippen LogP contribution in [0.4, 0.5) is 15.8 Å². The van der Waals surface area contributed by atoms with Crippen molar-refractivity contribution in [2.45, 2.75) is 18.6 Å². The zero-order valence-corrected chi connectivity index (χ0v) is 16.1. The maximum absolute atomic E-state index is 13.4. The molecule has 3 rings (SSSR count). The summed E-state index contributed by atoms with van der Waals surface area (Å²) in [6.45, 7) is 2.25. The van der Waals surface area contributed by atoms with Crippen molar-refractivity contribution in [2.75, 3.05) is 11.9 Å². The van der Waals surface area contributed by atoms with Gasteiger partial charge in [0.15, 0.2) is 5.17 Å². The molecule has 1 fully saturated rings. The van der Waals surface area contributed by atoms with Crippen molar-refractivity contribution in [3.63, 3.8) is 0 Å². The number of aliphatic imine (C=N–C) groups is 1. The lowest BCUT2D eigenvalue weighted by molar-refractivity contribution is -0.129. The Morgan fingerprint density at radius 2 is 2.07 bits per heavy atom. The van der Waals surface area contributed by atoms with E-state index in [1.165, 1.54) is 28.8 Å². The van der Waals surface area contributed by atoms with Crippen LogP contribution in [0.25, 0.3) is 0 Å². The second-order valence-corrected chi connectivity index (χ2v) is 7.43. The molecule has 2 amide bonds. The van der Waals surface area contributed by atoms with Crippen LogP contribution < -0.4 is 5.32 Å². The van der Waals surface area contributed by atoms with Crippen LogP contribution in [0.5, 0.6) is 0 Å². The van der Waals surface area contributed by atoms with E-state index in [2.05, 4.69) is 10.3 Å². The van der Waals surface area contributed by atoms with Gasteiger partial charge in [-0.05, 0) is 49.4 Å². The molecule has 2 aromatic rings. The van der Waals surface area contributed by atoms with Crippen molar-refractivity contribution in [1.29, 1.82) is 0 Å². The summed E-state index contributed by atoms with van der Waals surface area (Å²) in [7, 11) is 0. The van der Waals surface area contributed by atoms with Crippen molar-refractivity contribution < 1.29 is 14.0 Å².